The van der Waals surface area contributed by atoms with Crippen molar-refractivity contribution >= 4 is 46.5 Å². The summed E-state index contributed by atoms with van der Waals surface area (Å²) in [7, 11) is 0. The molecule has 0 aromatic heterocycles. The van der Waals surface area contributed by atoms with Crippen LogP contribution >= 0.6 is 23.2 Å². The number of para-hydroxylation sites is 2. The summed E-state index contributed by atoms with van der Waals surface area (Å²) in [4.78, 5) is 24.7. The van der Waals surface area contributed by atoms with Gasteiger partial charge in [0.25, 0.3) is 0 Å². The van der Waals surface area contributed by atoms with Gasteiger partial charge in [0, 0.05) is 5.69 Å². The van der Waals surface area contributed by atoms with Crippen molar-refractivity contribution in [2.75, 3.05) is 11.9 Å². The van der Waals surface area contributed by atoms with Crippen molar-refractivity contribution in [3.8, 4) is 5.75 Å². The Labute approximate surface area is 203 Å². The molecular formula is C26H25Cl2NO4. The van der Waals surface area contributed by atoms with Crippen LogP contribution < -0.4 is 10.1 Å². The molecule has 0 amide bonds. The molecule has 172 valence electrons. The van der Waals surface area contributed by atoms with E-state index in [-0.39, 0.29) is 12.3 Å². The maximum Gasteiger partial charge on any atom is 0.349 e. The van der Waals surface area contributed by atoms with Crippen molar-refractivity contribution in [1.29, 1.82) is 0 Å². The van der Waals surface area contributed by atoms with Crippen LogP contribution in [0, 0.1) is 6.92 Å². The van der Waals surface area contributed by atoms with E-state index in [1.54, 1.807) is 36.4 Å². The summed E-state index contributed by atoms with van der Waals surface area (Å²) in [5, 5.41) is 4.09. The molecule has 0 unspecified atom stereocenters. The molecule has 3 aromatic rings. The Bertz CT molecular complexity index is 1140. The van der Waals surface area contributed by atoms with Crippen molar-refractivity contribution < 1.29 is 19.1 Å². The molecule has 1 N–H and O–H groups in total. The number of halogens is 2. The van der Waals surface area contributed by atoms with E-state index in [0.717, 1.165) is 11.1 Å². The molecule has 5 nitrogen and oxygen atoms in total. The number of benzene rings is 3. The predicted octanol–water partition coefficient (Wildman–Crippen LogP) is 6.86. The number of hydrogen-bond donors (Lipinski definition) is 1. The van der Waals surface area contributed by atoms with Crippen LogP contribution in [0.4, 0.5) is 11.4 Å². The first kappa shape index (κ1) is 24.6. The molecule has 0 aliphatic heterocycles. The number of ether oxygens (including phenoxy) is 2. The lowest BCUT2D eigenvalue weighted by Gasteiger charge is -2.15. The molecule has 3 aromatic carbocycles. The maximum absolute atomic E-state index is 12.4. The highest BCUT2D eigenvalue weighted by Gasteiger charge is 2.16. The first-order valence-corrected chi connectivity index (χ1v) is 11.3. The lowest BCUT2D eigenvalue weighted by Crippen LogP contribution is -2.20. The first-order valence-electron chi connectivity index (χ1n) is 10.5. The highest BCUT2D eigenvalue weighted by molar-refractivity contribution is 6.39. The summed E-state index contributed by atoms with van der Waals surface area (Å²) in [6.45, 7) is 5.48. The molecule has 3 rings (SSSR count). The zero-order valence-corrected chi connectivity index (χ0v) is 20.2. The van der Waals surface area contributed by atoms with Crippen LogP contribution in [0.5, 0.6) is 5.75 Å². The van der Waals surface area contributed by atoms with Crippen molar-refractivity contribution in [2.45, 2.75) is 33.1 Å². The summed E-state index contributed by atoms with van der Waals surface area (Å²) in [6, 6.07) is 18.1. The Morgan fingerprint density at radius 2 is 1.64 bits per heavy atom. The number of anilines is 2. The van der Waals surface area contributed by atoms with Crippen LogP contribution in [0.15, 0.2) is 60.7 Å². The number of nitrogens with one attached hydrogen (secondary N) is 1. The van der Waals surface area contributed by atoms with Crippen LogP contribution in [0.1, 0.15) is 36.5 Å². The van der Waals surface area contributed by atoms with Crippen LogP contribution in [-0.2, 0) is 20.7 Å². The van der Waals surface area contributed by atoms with E-state index in [1.807, 2.05) is 45.0 Å². The lowest BCUT2D eigenvalue weighted by atomic mass is 10.0. The van der Waals surface area contributed by atoms with Crippen LogP contribution in [-0.4, -0.2) is 18.5 Å². The fourth-order valence-corrected chi connectivity index (χ4v) is 3.75. The summed E-state index contributed by atoms with van der Waals surface area (Å²) < 4.78 is 10.6. The van der Waals surface area contributed by atoms with Crippen molar-refractivity contribution in [3.05, 3.63) is 87.4 Å². The molecule has 0 radical (unpaired) electrons. The van der Waals surface area contributed by atoms with E-state index >= 15 is 0 Å². The van der Waals surface area contributed by atoms with Gasteiger partial charge >= 0.3 is 11.9 Å². The molecule has 0 saturated heterocycles. The van der Waals surface area contributed by atoms with Gasteiger partial charge in [0.15, 0.2) is 6.61 Å². The van der Waals surface area contributed by atoms with Gasteiger partial charge in [-0.15, -0.1) is 0 Å². The number of rotatable bonds is 8. The Balaban J connectivity index is 1.62. The largest absolute Gasteiger partial charge is 0.453 e. The van der Waals surface area contributed by atoms with Gasteiger partial charge in [-0.1, -0.05) is 73.4 Å². The number of carbonyl (C=O) groups excluding carboxylic acids is 2. The minimum absolute atomic E-state index is 0.0415. The lowest BCUT2D eigenvalue weighted by molar-refractivity contribution is -0.153. The topological polar surface area (TPSA) is 64.6 Å². The average Bonchev–Trinajstić information content (AvgIpc) is 2.76. The Hall–Kier alpha value is -3.02. The van der Waals surface area contributed by atoms with E-state index in [1.165, 1.54) is 0 Å². The summed E-state index contributed by atoms with van der Waals surface area (Å²) in [5.74, 6) is -0.520. The predicted molar refractivity (Wildman–Crippen MR) is 132 cm³/mol. The van der Waals surface area contributed by atoms with E-state index < -0.39 is 18.5 Å². The standard InChI is InChI=1S/C26H25Cl2NO4/c1-16(2)19-12-11-17(3)13-23(19)33-25(31)15-32-24(30)14-18-7-4-5-10-22(18)29-26-20(27)8-6-9-21(26)28/h4-13,16,29H,14-15H2,1-3H3. The molecule has 0 atom stereocenters. The highest BCUT2D eigenvalue weighted by atomic mass is 35.5. The molecule has 0 saturated carbocycles. The number of esters is 2. The zero-order valence-electron chi connectivity index (χ0n) is 18.7. The average molecular weight is 486 g/mol. The second-order valence-electron chi connectivity index (χ2n) is 7.89. The van der Waals surface area contributed by atoms with Gasteiger partial charge in [0.2, 0.25) is 0 Å². The van der Waals surface area contributed by atoms with Gasteiger partial charge in [-0.05, 0) is 53.8 Å². The molecule has 0 aliphatic carbocycles. The van der Waals surface area contributed by atoms with E-state index in [9.17, 15) is 9.59 Å². The van der Waals surface area contributed by atoms with Crippen LogP contribution in [0.2, 0.25) is 10.0 Å². The third kappa shape index (κ3) is 6.73. The van der Waals surface area contributed by atoms with E-state index in [2.05, 4.69) is 5.32 Å². The first-order chi connectivity index (χ1) is 15.7. The summed E-state index contributed by atoms with van der Waals surface area (Å²) in [5.41, 5.74) is 3.77. The fourth-order valence-electron chi connectivity index (χ4n) is 3.25. The van der Waals surface area contributed by atoms with Crippen molar-refractivity contribution in [1.82, 2.24) is 0 Å². The molecule has 0 aliphatic rings. The minimum atomic E-state index is -0.634. The van der Waals surface area contributed by atoms with Crippen LogP contribution in [0.25, 0.3) is 0 Å². The highest BCUT2D eigenvalue weighted by Crippen LogP contribution is 2.33. The monoisotopic (exact) mass is 485 g/mol. The van der Waals surface area contributed by atoms with Gasteiger partial charge in [-0.3, -0.25) is 4.79 Å². The molecule has 33 heavy (non-hydrogen) atoms. The molecule has 0 fully saturated rings. The smallest absolute Gasteiger partial charge is 0.349 e. The van der Waals surface area contributed by atoms with E-state index in [4.69, 9.17) is 32.7 Å². The fraction of sp³-hybridized carbons (Fsp3) is 0.231. The van der Waals surface area contributed by atoms with Gasteiger partial charge in [0.1, 0.15) is 5.75 Å². The third-order valence-corrected chi connectivity index (χ3v) is 5.57. The van der Waals surface area contributed by atoms with Crippen LogP contribution in [0.3, 0.4) is 0 Å². The Morgan fingerprint density at radius 3 is 2.33 bits per heavy atom. The molecule has 0 bridgehead atoms. The maximum atomic E-state index is 12.4. The number of carbonyl (C=O) groups is 2. The summed E-state index contributed by atoms with van der Waals surface area (Å²) in [6.07, 6.45) is -0.0415. The second kappa shape index (κ2) is 11.2. The van der Waals surface area contributed by atoms with Crippen molar-refractivity contribution in [2.24, 2.45) is 0 Å². The van der Waals surface area contributed by atoms with Gasteiger partial charge in [-0.2, -0.15) is 0 Å². The zero-order chi connectivity index (χ0) is 24.0. The molecule has 7 heteroatoms. The van der Waals surface area contributed by atoms with E-state index in [0.29, 0.717) is 32.7 Å². The van der Waals surface area contributed by atoms with Gasteiger partial charge in [0.05, 0.1) is 22.2 Å². The second-order valence-corrected chi connectivity index (χ2v) is 8.70. The SMILES string of the molecule is Cc1ccc(C(C)C)c(OC(=O)COC(=O)Cc2ccccc2Nc2c(Cl)cccc2Cl)c1. The number of hydrogen-bond acceptors (Lipinski definition) is 5. The third-order valence-electron chi connectivity index (χ3n) is 4.94. The van der Waals surface area contributed by atoms with Gasteiger partial charge in [-0.25, -0.2) is 4.79 Å². The Morgan fingerprint density at radius 1 is 0.939 bits per heavy atom. The normalized spacial score (nSPS) is 10.7. The molecular weight excluding hydrogens is 461 g/mol. The van der Waals surface area contributed by atoms with Gasteiger partial charge < -0.3 is 14.8 Å². The summed E-state index contributed by atoms with van der Waals surface area (Å²) >= 11 is 12.5. The Kier molecular flexibility index (Phi) is 8.37. The number of aryl methyl sites for hydroxylation is 1. The van der Waals surface area contributed by atoms with Crippen molar-refractivity contribution in [3.63, 3.8) is 0 Å². The quantitative estimate of drug-likeness (QED) is 0.278. The minimum Gasteiger partial charge on any atom is -0.453 e. The molecule has 0 heterocycles. The molecule has 0 spiro atoms.